The number of carbonyl (C=O) groups is 1. The first-order chi connectivity index (χ1) is 10.0. The van der Waals surface area contributed by atoms with Crippen LogP contribution in [0, 0.1) is 29.0 Å². The van der Waals surface area contributed by atoms with Gasteiger partial charge in [0.2, 0.25) is 0 Å². The molecule has 0 spiro atoms. The minimum absolute atomic E-state index is 0.0642. The van der Waals surface area contributed by atoms with Crippen LogP contribution in [0.25, 0.3) is 0 Å². The van der Waals surface area contributed by atoms with Gasteiger partial charge in [0.25, 0.3) is 5.91 Å². The molecule has 1 amide bonds. The minimum Gasteiger partial charge on any atom is -0.335 e. The Morgan fingerprint density at radius 3 is 2.71 bits per heavy atom. The van der Waals surface area contributed by atoms with Gasteiger partial charge in [-0.2, -0.15) is 5.26 Å². The van der Waals surface area contributed by atoms with Gasteiger partial charge in [-0.05, 0) is 32.0 Å². The van der Waals surface area contributed by atoms with Crippen molar-refractivity contribution in [1.29, 1.82) is 5.26 Å². The lowest BCUT2D eigenvalue weighted by molar-refractivity contribution is 0.0709. The maximum Gasteiger partial charge on any atom is 0.254 e. The van der Waals surface area contributed by atoms with Crippen molar-refractivity contribution in [2.45, 2.75) is 26.3 Å². The number of amides is 1. The standard InChI is InChI=1S/C16H18FN3O/c1-12(2)20(10-4-9-19)16(21)14-7-6-13(5-3-8-18)15(17)11-14/h6-7,11-12H,4,8,10,18H2,1-2H3. The first kappa shape index (κ1) is 16.7. The lowest BCUT2D eigenvalue weighted by Crippen LogP contribution is -2.37. The van der Waals surface area contributed by atoms with E-state index in [9.17, 15) is 9.18 Å². The normalized spacial score (nSPS) is 9.71. The highest BCUT2D eigenvalue weighted by Crippen LogP contribution is 2.14. The molecule has 0 fully saturated rings. The maximum atomic E-state index is 13.9. The van der Waals surface area contributed by atoms with Crippen LogP contribution in [-0.4, -0.2) is 29.9 Å². The molecular formula is C16H18FN3O. The van der Waals surface area contributed by atoms with Crippen molar-refractivity contribution in [3.05, 3.63) is 35.1 Å². The lowest BCUT2D eigenvalue weighted by atomic mass is 10.1. The number of nitrogens with zero attached hydrogens (tertiary/aromatic N) is 2. The van der Waals surface area contributed by atoms with Crippen LogP contribution in [0.3, 0.4) is 0 Å². The van der Waals surface area contributed by atoms with Gasteiger partial charge < -0.3 is 10.6 Å². The zero-order valence-electron chi connectivity index (χ0n) is 12.2. The Bertz CT molecular complexity index is 608. The van der Waals surface area contributed by atoms with Gasteiger partial charge in [-0.25, -0.2) is 4.39 Å². The predicted octanol–water partition coefficient (Wildman–Crippen LogP) is 1.90. The van der Waals surface area contributed by atoms with Gasteiger partial charge >= 0.3 is 0 Å². The molecule has 0 aliphatic rings. The highest BCUT2D eigenvalue weighted by molar-refractivity contribution is 5.94. The minimum atomic E-state index is -0.550. The molecule has 1 aromatic carbocycles. The molecule has 0 aromatic heterocycles. The van der Waals surface area contributed by atoms with E-state index in [1.54, 1.807) is 4.90 Å². The summed E-state index contributed by atoms with van der Waals surface area (Å²) in [6, 6.07) is 6.11. The fraction of sp³-hybridized carbons (Fsp3) is 0.375. The van der Waals surface area contributed by atoms with Crippen LogP contribution in [0.4, 0.5) is 4.39 Å². The number of rotatable bonds is 4. The topological polar surface area (TPSA) is 70.1 Å². The number of halogens is 1. The van der Waals surface area contributed by atoms with Crippen LogP contribution >= 0.6 is 0 Å². The van der Waals surface area contributed by atoms with Crippen LogP contribution in [0.2, 0.25) is 0 Å². The monoisotopic (exact) mass is 287 g/mol. The molecule has 0 saturated heterocycles. The molecular weight excluding hydrogens is 269 g/mol. The number of carbonyl (C=O) groups excluding carboxylic acids is 1. The summed E-state index contributed by atoms with van der Waals surface area (Å²) in [4.78, 5) is 13.9. The third-order valence-corrected chi connectivity index (χ3v) is 2.89. The molecule has 1 rings (SSSR count). The van der Waals surface area contributed by atoms with E-state index in [1.807, 2.05) is 19.9 Å². The summed E-state index contributed by atoms with van der Waals surface area (Å²) in [6.07, 6.45) is 0.243. The van der Waals surface area contributed by atoms with Gasteiger partial charge in [-0.3, -0.25) is 4.79 Å². The molecule has 0 atom stereocenters. The van der Waals surface area contributed by atoms with Gasteiger partial charge in [0.05, 0.1) is 24.6 Å². The zero-order valence-corrected chi connectivity index (χ0v) is 12.2. The molecule has 0 saturated carbocycles. The number of nitriles is 1. The second-order valence-corrected chi connectivity index (χ2v) is 4.70. The molecule has 1 aromatic rings. The van der Waals surface area contributed by atoms with Crippen molar-refractivity contribution in [2.24, 2.45) is 5.73 Å². The summed E-state index contributed by atoms with van der Waals surface area (Å²) < 4.78 is 13.9. The summed E-state index contributed by atoms with van der Waals surface area (Å²) in [5.41, 5.74) is 5.70. The smallest absolute Gasteiger partial charge is 0.254 e. The number of benzene rings is 1. The number of hydrogen-bond acceptors (Lipinski definition) is 3. The summed E-state index contributed by atoms with van der Waals surface area (Å²) in [7, 11) is 0. The van der Waals surface area contributed by atoms with E-state index in [0.29, 0.717) is 6.54 Å². The van der Waals surface area contributed by atoms with Gasteiger partial charge in [-0.15, -0.1) is 0 Å². The Hall–Kier alpha value is -2.37. The Kier molecular flexibility index (Phi) is 6.39. The Morgan fingerprint density at radius 2 is 2.19 bits per heavy atom. The summed E-state index contributed by atoms with van der Waals surface area (Å²) in [5.74, 6) is 4.33. The Balaban J connectivity index is 3.01. The average molecular weight is 287 g/mol. The Morgan fingerprint density at radius 1 is 1.48 bits per heavy atom. The molecule has 0 bridgehead atoms. The van der Waals surface area contributed by atoms with Crippen LogP contribution in [0.5, 0.6) is 0 Å². The molecule has 110 valence electrons. The van der Waals surface area contributed by atoms with Crippen molar-refractivity contribution < 1.29 is 9.18 Å². The maximum absolute atomic E-state index is 13.9. The number of hydrogen-bond donors (Lipinski definition) is 1. The van der Waals surface area contributed by atoms with Crippen LogP contribution in [0.1, 0.15) is 36.2 Å². The van der Waals surface area contributed by atoms with E-state index in [2.05, 4.69) is 11.8 Å². The highest BCUT2D eigenvalue weighted by atomic mass is 19.1. The van der Waals surface area contributed by atoms with Crippen molar-refractivity contribution >= 4 is 5.91 Å². The molecule has 0 aliphatic carbocycles. The molecule has 0 radical (unpaired) electrons. The third-order valence-electron chi connectivity index (χ3n) is 2.89. The molecule has 2 N–H and O–H groups in total. The van der Waals surface area contributed by atoms with E-state index >= 15 is 0 Å². The molecule has 0 aliphatic heterocycles. The van der Waals surface area contributed by atoms with Crippen LogP contribution < -0.4 is 5.73 Å². The van der Waals surface area contributed by atoms with Gasteiger partial charge in [0.1, 0.15) is 5.82 Å². The van der Waals surface area contributed by atoms with Gasteiger partial charge in [0.15, 0.2) is 0 Å². The lowest BCUT2D eigenvalue weighted by Gasteiger charge is -2.26. The van der Waals surface area contributed by atoms with E-state index in [-0.39, 0.29) is 36.0 Å². The van der Waals surface area contributed by atoms with Gasteiger partial charge in [-0.1, -0.05) is 11.8 Å². The molecule has 5 heteroatoms. The second kappa shape index (κ2) is 8.04. The van der Waals surface area contributed by atoms with Crippen molar-refractivity contribution in [3.8, 4) is 17.9 Å². The molecule has 21 heavy (non-hydrogen) atoms. The fourth-order valence-electron chi connectivity index (χ4n) is 1.83. The largest absolute Gasteiger partial charge is 0.335 e. The predicted molar refractivity (Wildman–Crippen MR) is 78.7 cm³/mol. The zero-order chi connectivity index (χ0) is 15.8. The SMILES string of the molecule is CC(C)N(CCC#N)C(=O)c1ccc(C#CCN)c(F)c1. The van der Waals surface area contributed by atoms with E-state index in [1.165, 1.54) is 18.2 Å². The molecule has 0 heterocycles. The van der Waals surface area contributed by atoms with Crippen molar-refractivity contribution in [1.82, 2.24) is 4.90 Å². The molecule has 0 unspecified atom stereocenters. The van der Waals surface area contributed by atoms with Gasteiger partial charge in [0, 0.05) is 18.2 Å². The van der Waals surface area contributed by atoms with Crippen LogP contribution in [0.15, 0.2) is 18.2 Å². The third kappa shape index (κ3) is 4.59. The second-order valence-electron chi connectivity index (χ2n) is 4.70. The summed E-state index contributed by atoms with van der Waals surface area (Å²) >= 11 is 0. The van der Waals surface area contributed by atoms with E-state index < -0.39 is 5.82 Å². The fourth-order valence-corrected chi connectivity index (χ4v) is 1.83. The Labute approximate surface area is 124 Å². The van der Waals surface area contributed by atoms with Crippen LogP contribution in [-0.2, 0) is 0 Å². The number of nitrogens with two attached hydrogens (primary N) is 1. The average Bonchev–Trinajstić information content (AvgIpc) is 2.45. The first-order valence-electron chi connectivity index (χ1n) is 6.67. The summed E-state index contributed by atoms with van der Waals surface area (Å²) in [6.45, 7) is 4.18. The van der Waals surface area contributed by atoms with E-state index in [0.717, 1.165) is 0 Å². The van der Waals surface area contributed by atoms with Crippen molar-refractivity contribution in [2.75, 3.05) is 13.1 Å². The molecule has 4 nitrogen and oxygen atoms in total. The first-order valence-corrected chi connectivity index (χ1v) is 6.67. The van der Waals surface area contributed by atoms with Crippen molar-refractivity contribution in [3.63, 3.8) is 0 Å². The highest BCUT2D eigenvalue weighted by Gasteiger charge is 2.19. The summed E-state index contributed by atoms with van der Waals surface area (Å²) in [5, 5.41) is 8.64. The van der Waals surface area contributed by atoms with E-state index in [4.69, 9.17) is 11.0 Å². The quantitative estimate of drug-likeness (QED) is 0.860.